The quantitative estimate of drug-likeness (QED) is 0.378. The van der Waals surface area contributed by atoms with E-state index < -0.39 is 28.9 Å². The maximum absolute atomic E-state index is 14.0. The summed E-state index contributed by atoms with van der Waals surface area (Å²) in [7, 11) is 2.67. The van der Waals surface area contributed by atoms with Gasteiger partial charge in [0, 0.05) is 49.4 Å². The van der Waals surface area contributed by atoms with Crippen LogP contribution in [0.1, 0.15) is 36.7 Å². The third-order valence-corrected chi connectivity index (χ3v) is 6.41. The summed E-state index contributed by atoms with van der Waals surface area (Å²) in [6, 6.07) is 8.11. The van der Waals surface area contributed by atoms with Gasteiger partial charge in [0.1, 0.15) is 28.5 Å². The van der Waals surface area contributed by atoms with Crippen LogP contribution in [0.15, 0.2) is 36.4 Å². The number of nitrogens with one attached hydrogen (secondary N) is 1. The largest absolute Gasteiger partial charge is 0.496 e. The number of pyridine rings is 1. The molecule has 1 saturated heterocycles. The molecule has 2 heterocycles. The van der Waals surface area contributed by atoms with Crippen molar-refractivity contribution in [2.45, 2.75) is 32.5 Å². The Morgan fingerprint density at radius 3 is 2.17 bits per heavy atom. The Hall–Kier alpha value is -4.42. The van der Waals surface area contributed by atoms with E-state index in [1.54, 1.807) is 23.1 Å². The zero-order valence-corrected chi connectivity index (χ0v) is 23.3. The van der Waals surface area contributed by atoms with E-state index in [2.05, 4.69) is 15.2 Å². The highest BCUT2D eigenvalue weighted by Gasteiger charge is 2.34. The monoisotopic (exact) mass is 576 g/mol. The molecule has 1 amide bonds. The van der Waals surface area contributed by atoms with E-state index in [0.29, 0.717) is 37.6 Å². The van der Waals surface area contributed by atoms with E-state index in [4.69, 9.17) is 14.2 Å². The van der Waals surface area contributed by atoms with Gasteiger partial charge < -0.3 is 34.4 Å². The first-order valence-electron chi connectivity index (χ1n) is 12.7. The van der Waals surface area contributed by atoms with Crippen molar-refractivity contribution in [2.75, 3.05) is 50.6 Å². The zero-order chi connectivity index (χ0) is 30.1. The van der Waals surface area contributed by atoms with Crippen molar-refractivity contribution in [1.82, 2.24) is 9.88 Å². The first-order chi connectivity index (χ1) is 19.2. The molecule has 0 unspecified atom stereocenters. The molecule has 0 spiro atoms. The number of aromatic carboxylic acids is 1. The number of alkyl halides is 3. The Morgan fingerprint density at radius 2 is 1.61 bits per heavy atom. The van der Waals surface area contributed by atoms with E-state index >= 15 is 0 Å². The first kappa shape index (κ1) is 29.6. The highest BCUT2D eigenvalue weighted by Crippen LogP contribution is 2.39. The number of carbonyl (C=O) groups excluding carboxylic acids is 1. The lowest BCUT2D eigenvalue weighted by Gasteiger charge is -2.37. The fourth-order valence-electron chi connectivity index (χ4n) is 4.48. The number of methoxy groups -OCH3 is 2. The molecule has 13 heteroatoms. The summed E-state index contributed by atoms with van der Waals surface area (Å²) in [6.07, 6.45) is -5.15. The number of benzene rings is 2. The molecule has 1 aromatic heterocycles. The standard InChI is InChI=1S/C28H31F3N4O6/c1-27(2,3)41-26(38)35-10-8-34(9-11-35)16-6-7-20(23(12-16)40-5)32-24-14-19(28(29,30)31)17-13-18(25(36)37)22(39-4)15-21(17)33-24/h6-7,12-15H,8-11H2,1-5H3,(H,32,33)(H,36,37). The lowest BCUT2D eigenvalue weighted by Crippen LogP contribution is -2.50. The van der Waals surface area contributed by atoms with Crippen molar-refractivity contribution in [2.24, 2.45) is 0 Å². The third-order valence-electron chi connectivity index (χ3n) is 6.41. The molecule has 0 radical (unpaired) electrons. The Balaban J connectivity index is 1.60. The molecule has 0 aliphatic carbocycles. The third kappa shape index (κ3) is 6.67. The van der Waals surface area contributed by atoms with Gasteiger partial charge in [-0.05, 0) is 45.0 Å². The van der Waals surface area contributed by atoms with Gasteiger partial charge in [-0.3, -0.25) is 0 Å². The number of carbonyl (C=O) groups is 2. The molecule has 41 heavy (non-hydrogen) atoms. The number of amides is 1. The number of fused-ring (bicyclic) bond motifs is 1. The molecule has 0 saturated carbocycles. The SMILES string of the molecule is COc1cc(N2CCN(C(=O)OC(C)(C)C)CC2)ccc1Nc1cc(C(F)(F)F)c2cc(C(=O)O)c(OC)cc2n1. The van der Waals surface area contributed by atoms with Crippen LogP contribution < -0.4 is 19.7 Å². The average molecular weight is 577 g/mol. The number of carboxylic acids is 1. The van der Waals surface area contributed by atoms with E-state index in [1.165, 1.54) is 14.2 Å². The van der Waals surface area contributed by atoms with Crippen molar-refractivity contribution in [3.05, 3.63) is 47.5 Å². The fourth-order valence-corrected chi connectivity index (χ4v) is 4.48. The number of hydrogen-bond donors (Lipinski definition) is 2. The summed E-state index contributed by atoms with van der Waals surface area (Å²) in [5.74, 6) is -1.29. The van der Waals surface area contributed by atoms with Gasteiger partial charge in [0.15, 0.2) is 0 Å². The summed E-state index contributed by atoms with van der Waals surface area (Å²) in [5.41, 5.74) is -0.950. The molecule has 0 bridgehead atoms. The molecule has 1 aliphatic heterocycles. The molecule has 220 valence electrons. The lowest BCUT2D eigenvalue weighted by atomic mass is 10.0. The first-order valence-corrected chi connectivity index (χ1v) is 12.7. The average Bonchev–Trinajstić information content (AvgIpc) is 2.90. The molecule has 1 fully saturated rings. The molecule has 2 N–H and O–H groups in total. The maximum Gasteiger partial charge on any atom is 0.417 e. The number of hydrogen-bond acceptors (Lipinski definition) is 8. The van der Waals surface area contributed by atoms with E-state index in [9.17, 15) is 27.9 Å². The van der Waals surface area contributed by atoms with Crippen LogP contribution in [0, 0.1) is 0 Å². The van der Waals surface area contributed by atoms with Gasteiger partial charge in [-0.15, -0.1) is 0 Å². The van der Waals surface area contributed by atoms with Crippen molar-refractivity contribution in [3.63, 3.8) is 0 Å². The second kappa shape index (κ2) is 11.2. The van der Waals surface area contributed by atoms with Gasteiger partial charge >= 0.3 is 18.2 Å². The molecule has 1 aliphatic rings. The van der Waals surface area contributed by atoms with Crippen LogP contribution in [0.3, 0.4) is 0 Å². The van der Waals surface area contributed by atoms with Gasteiger partial charge in [0.05, 0.1) is 31.0 Å². The van der Waals surface area contributed by atoms with Gasteiger partial charge in [-0.1, -0.05) is 0 Å². The normalized spacial score (nSPS) is 14.1. The van der Waals surface area contributed by atoms with Crippen LogP contribution in [-0.4, -0.2) is 73.1 Å². The number of nitrogens with zero attached hydrogens (tertiary/aromatic N) is 3. The fraction of sp³-hybridized carbons (Fsp3) is 0.393. The number of aromatic nitrogens is 1. The van der Waals surface area contributed by atoms with E-state index in [-0.39, 0.29) is 28.6 Å². The smallest absolute Gasteiger partial charge is 0.417 e. The van der Waals surface area contributed by atoms with Crippen molar-refractivity contribution in [3.8, 4) is 11.5 Å². The minimum absolute atomic E-state index is 0.0948. The number of ether oxygens (including phenoxy) is 3. The highest BCUT2D eigenvalue weighted by atomic mass is 19.4. The minimum Gasteiger partial charge on any atom is -0.496 e. The van der Waals surface area contributed by atoms with Crippen molar-refractivity contribution >= 4 is 40.2 Å². The van der Waals surface area contributed by atoms with Gasteiger partial charge in [-0.25, -0.2) is 14.6 Å². The molecule has 0 atom stereocenters. The number of piperazine rings is 1. The van der Waals surface area contributed by atoms with Crippen LogP contribution >= 0.6 is 0 Å². The van der Waals surface area contributed by atoms with Crippen LogP contribution in [0.5, 0.6) is 11.5 Å². The zero-order valence-electron chi connectivity index (χ0n) is 23.3. The summed E-state index contributed by atoms with van der Waals surface area (Å²) in [4.78, 5) is 31.9. The van der Waals surface area contributed by atoms with E-state index in [0.717, 1.165) is 23.9 Å². The maximum atomic E-state index is 14.0. The number of rotatable bonds is 6. The second-order valence-electron chi connectivity index (χ2n) is 10.4. The number of anilines is 3. The molecule has 3 aromatic rings. The van der Waals surface area contributed by atoms with Gasteiger partial charge in [-0.2, -0.15) is 13.2 Å². The Kier molecular flexibility index (Phi) is 8.09. The lowest BCUT2D eigenvalue weighted by molar-refractivity contribution is -0.136. The predicted molar refractivity (Wildman–Crippen MR) is 147 cm³/mol. The molecule has 10 nitrogen and oxygen atoms in total. The summed E-state index contributed by atoms with van der Waals surface area (Å²) < 4.78 is 58.1. The van der Waals surface area contributed by atoms with Crippen LogP contribution in [-0.2, 0) is 10.9 Å². The molecular weight excluding hydrogens is 545 g/mol. The number of halogens is 3. The predicted octanol–water partition coefficient (Wildman–Crippen LogP) is 5.77. The molecule has 2 aromatic carbocycles. The topological polar surface area (TPSA) is 113 Å². The van der Waals surface area contributed by atoms with Gasteiger partial charge in [0.2, 0.25) is 0 Å². The summed E-state index contributed by atoms with van der Waals surface area (Å²) in [6.45, 7) is 7.47. The Labute approximate surface area is 234 Å². The van der Waals surface area contributed by atoms with Crippen LogP contribution in [0.25, 0.3) is 10.9 Å². The Morgan fingerprint density at radius 1 is 0.951 bits per heavy atom. The summed E-state index contributed by atoms with van der Waals surface area (Å²) in [5, 5.41) is 11.9. The van der Waals surface area contributed by atoms with Crippen molar-refractivity contribution in [1.29, 1.82) is 0 Å². The van der Waals surface area contributed by atoms with Crippen LogP contribution in [0.4, 0.5) is 35.2 Å². The van der Waals surface area contributed by atoms with Crippen molar-refractivity contribution < 1.29 is 42.1 Å². The number of carboxylic acid groups (broad SMARTS) is 1. The molecule has 4 rings (SSSR count). The molecular formula is C28H31F3N4O6. The summed E-state index contributed by atoms with van der Waals surface area (Å²) >= 11 is 0. The Bertz CT molecular complexity index is 1460. The van der Waals surface area contributed by atoms with Gasteiger partial charge in [0.25, 0.3) is 0 Å². The minimum atomic E-state index is -4.78. The van der Waals surface area contributed by atoms with Crippen LogP contribution in [0.2, 0.25) is 0 Å². The van der Waals surface area contributed by atoms with E-state index in [1.807, 2.05) is 20.8 Å². The highest BCUT2D eigenvalue weighted by molar-refractivity contribution is 5.98. The second-order valence-corrected chi connectivity index (χ2v) is 10.4.